The third-order valence-electron chi connectivity index (χ3n) is 4.68. The average molecular weight is 439 g/mol. The summed E-state index contributed by atoms with van der Waals surface area (Å²) in [7, 11) is 1.53. The molecule has 0 aliphatic rings. The van der Waals surface area contributed by atoms with Gasteiger partial charge >= 0.3 is 5.97 Å². The lowest BCUT2D eigenvalue weighted by Gasteiger charge is -2.14. The molecule has 8 nitrogen and oxygen atoms in total. The van der Waals surface area contributed by atoms with E-state index in [-0.39, 0.29) is 13.0 Å². The van der Waals surface area contributed by atoms with Gasteiger partial charge in [-0.2, -0.15) is 0 Å². The lowest BCUT2D eigenvalue weighted by Crippen LogP contribution is -2.31. The Hall–Kier alpha value is -3.43. The number of nitrogens with two attached hydrogens (primary N) is 1. The second-order valence-corrected chi connectivity index (χ2v) is 8.11. The van der Waals surface area contributed by atoms with Gasteiger partial charge in [0.1, 0.15) is 17.5 Å². The number of carboxylic acids is 1. The van der Waals surface area contributed by atoms with Crippen LogP contribution in [0.15, 0.2) is 42.6 Å². The third kappa shape index (κ3) is 4.52. The Balaban J connectivity index is 1.61. The fourth-order valence-corrected chi connectivity index (χ4v) is 3.93. The van der Waals surface area contributed by atoms with Crippen LogP contribution in [0.1, 0.15) is 11.4 Å². The van der Waals surface area contributed by atoms with Gasteiger partial charge in [0.05, 0.1) is 34.5 Å². The van der Waals surface area contributed by atoms with Crippen molar-refractivity contribution in [3.8, 4) is 23.0 Å². The van der Waals surface area contributed by atoms with Crippen molar-refractivity contribution >= 4 is 38.4 Å². The molecule has 2 aromatic carbocycles. The number of aryl methyl sites for hydroxylation is 1. The number of rotatable bonds is 8. The van der Waals surface area contributed by atoms with Crippen molar-refractivity contribution in [1.29, 1.82) is 0 Å². The van der Waals surface area contributed by atoms with E-state index >= 15 is 0 Å². The molecule has 0 radical (unpaired) electrons. The monoisotopic (exact) mass is 439 g/mol. The SMILES string of the molecule is COc1cc2c(Oc3ccc4sc(C)nc4c3)ccnc2cc1OCCC(N)C(=O)O. The van der Waals surface area contributed by atoms with Crippen LogP contribution >= 0.6 is 11.3 Å². The first-order valence-corrected chi connectivity index (χ1v) is 10.4. The zero-order chi connectivity index (χ0) is 22.0. The van der Waals surface area contributed by atoms with E-state index < -0.39 is 12.0 Å². The van der Waals surface area contributed by atoms with Gasteiger partial charge in [-0.3, -0.25) is 9.78 Å². The molecule has 9 heteroatoms. The summed E-state index contributed by atoms with van der Waals surface area (Å²) >= 11 is 1.64. The zero-order valence-electron chi connectivity index (χ0n) is 17.0. The Morgan fingerprint density at radius 3 is 2.77 bits per heavy atom. The Kier molecular flexibility index (Phi) is 5.88. The van der Waals surface area contributed by atoms with Crippen LogP contribution < -0.4 is 19.9 Å². The van der Waals surface area contributed by atoms with Gasteiger partial charge in [-0.15, -0.1) is 11.3 Å². The number of benzene rings is 2. The van der Waals surface area contributed by atoms with Gasteiger partial charge in [0.25, 0.3) is 0 Å². The first-order valence-electron chi connectivity index (χ1n) is 9.57. The molecule has 0 bridgehead atoms. The number of carboxylic acid groups (broad SMARTS) is 1. The molecular formula is C22H21N3O5S. The van der Waals surface area contributed by atoms with Gasteiger partial charge < -0.3 is 25.1 Å². The van der Waals surface area contributed by atoms with E-state index in [1.807, 2.05) is 25.1 Å². The molecule has 0 aliphatic carbocycles. The molecule has 0 saturated heterocycles. The quantitative estimate of drug-likeness (QED) is 0.421. The van der Waals surface area contributed by atoms with E-state index in [0.29, 0.717) is 28.5 Å². The lowest BCUT2D eigenvalue weighted by atomic mass is 10.1. The molecule has 1 atom stereocenters. The van der Waals surface area contributed by atoms with E-state index in [2.05, 4.69) is 9.97 Å². The summed E-state index contributed by atoms with van der Waals surface area (Å²) in [6.07, 6.45) is 1.82. The van der Waals surface area contributed by atoms with Crippen molar-refractivity contribution in [2.75, 3.05) is 13.7 Å². The second-order valence-electron chi connectivity index (χ2n) is 6.88. The predicted octanol–water partition coefficient (Wildman–Crippen LogP) is 4.13. The van der Waals surface area contributed by atoms with Gasteiger partial charge in [-0.1, -0.05) is 0 Å². The van der Waals surface area contributed by atoms with Crippen molar-refractivity contribution in [2.24, 2.45) is 5.73 Å². The molecule has 160 valence electrons. The number of ether oxygens (including phenoxy) is 3. The number of aromatic nitrogens is 2. The van der Waals surface area contributed by atoms with Crippen molar-refractivity contribution in [1.82, 2.24) is 9.97 Å². The van der Waals surface area contributed by atoms with E-state index in [1.165, 1.54) is 7.11 Å². The molecule has 2 aromatic heterocycles. The van der Waals surface area contributed by atoms with Crippen LogP contribution in [0, 0.1) is 6.92 Å². The number of fused-ring (bicyclic) bond motifs is 2. The van der Waals surface area contributed by atoms with Crippen molar-refractivity contribution in [3.05, 3.63) is 47.6 Å². The summed E-state index contributed by atoms with van der Waals surface area (Å²) in [5.41, 5.74) is 7.08. The zero-order valence-corrected chi connectivity index (χ0v) is 17.8. The summed E-state index contributed by atoms with van der Waals surface area (Å²) < 4.78 is 18.4. The summed E-state index contributed by atoms with van der Waals surface area (Å²) in [6, 6.07) is 10.1. The van der Waals surface area contributed by atoms with Gasteiger partial charge in [0.15, 0.2) is 11.5 Å². The molecule has 0 spiro atoms. The first kappa shape index (κ1) is 20.8. The Morgan fingerprint density at radius 1 is 1.16 bits per heavy atom. The topological polar surface area (TPSA) is 117 Å². The van der Waals surface area contributed by atoms with E-state index in [0.717, 1.165) is 20.6 Å². The molecule has 3 N–H and O–H groups in total. The number of carbonyl (C=O) groups is 1. The van der Waals surface area contributed by atoms with Crippen LogP contribution in [0.2, 0.25) is 0 Å². The maximum Gasteiger partial charge on any atom is 0.320 e. The third-order valence-corrected chi connectivity index (χ3v) is 5.64. The Morgan fingerprint density at radius 2 is 2.00 bits per heavy atom. The molecule has 0 fully saturated rings. The summed E-state index contributed by atoms with van der Waals surface area (Å²) in [4.78, 5) is 19.8. The molecule has 4 aromatic rings. The van der Waals surface area contributed by atoms with Crippen LogP contribution in [-0.4, -0.2) is 40.8 Å². The highest BCUT2D eigenvalue weighted by Gasteiger charge is 2.15. The highest BCUT2D eigenvalue weighted by Crippen LogP contribution is 2.37. The molecule has 0 aliphatic heterocycles. The minimum Gasteiger partial charge on any atom is -0.493 e. The number of aliphatic carboxylic acids is 1. The van der Waals surface area contributed by atoms with Gasteiger partial charge in [-0.05, 0) is 31.2 Å². The lowest BCUT2D eigenvalue weighted by molar-refractivity contribution is -0.138. The minimum atomic E-state index is -1.07. The van der Waals surface area contributed by atoms with Crippen LogP contribution in [0.25, 0.3) is 21.1 Å². The summed E-state index contributed by atoms with van der Waals surface area (Å²) in [5.74, 6) is 1.17. The highest BCUT2D eigenvalue weighted by atomic mass is 32.1. The summed E-state index contributed by atoms with van der Waals surface area (Å²) in [6.45, 7) is 2.11. The maximum atomic E-state index is 10.9. The number of nitrogens with zero attached hydrogens (tertiary/aromatic N) is 2. The molecule has 0 amide bonds. The molecule has 0 saturated carbocycles. The molecule has 4 rings (SSSR count). The predicted molar refractivity (Wildman–Crippen MR) is 118 cm³/mol. The van der Waals surface area contributed by atoms with Crippen molar-refractivity contribution < 1.29 is 24.1 Å². The average Bonchev–Trinajstić information content (AvgIpc) is 3.12. The Labute approximate surface area is 182 Å². The maximum absolute atomic E-state index is 10.9. The molecule has 2 heterocycles. The van der Waals surface area contributed by atoms with Gasteiger partial charge in [0, 0.05) is 30.1 Å². The van der Waals surface area contributed by atoms with Crippen LogP contribution in [0.3, 0.4) is 0 Å². The van der Waals surface area contributed by atoms with Crippen LogP contribution in [0.5, 0.6) is 23.0 Å². The molecular weight excluding hydrogens is 418 g/mol. The van der Waals surface area contributed by atoms with Gasteiger partial charge in [0.2, 0.25) is 0 Å². The standard InChI is InChI=1S/C22H21N3O5S/c1-12-25-17-9-13(3-4-21(17)31-12)30-18-5-7-24-16-11-20(19(28-2)10-14(16)18)29-8-6-15(23)22(26)27/h3-5,7,9-11,15H,6,8,23H2,1-2H3,(H,26,27). The van der Waals surface area contributed by atoms with Gasteiger partial charge in [-0.25, -0.2) is 4.98 Å². The fraction of sp³-hybridized carbons (Fsp3) is 0.227. The number of pyridine rings is 1. The molecule has 1 unspecified atom stereocenters. The largest absolute Gasteiger partial charge is 0.493 e. The second kappa shape index (κ2) is 8.75. The van der Waals surface area contributed by atoms with Crippen molar-refractivity contribution in [3.63, 3.8) is 0 Å². The van der Waals surface area contributed by atoms with E-state index in [1.54, 1.807) is 35.7 Å². The van der Waals surface area contributed by atoms with E-state index in [9.17, 15) is 4.79 Å². The van der Waals surface area contributed by atoms with Crippen LogP contribution in [-0.2, 0) is 4.79 Å². The summed E-state index contributed by atoms with van der Waals surface area (Å²) in [5, 5.41) is 10.7. The fourth-order valence-electron chi connectivity index (χ4n) is 3.12. The number of methoxy groups -OCH3 is 1. The van der Waals surface area contributed by atoms with E-state index in [4.69, 9.17) is 25.1 Å². The number of thiazole rings is 1. The van der Waals surface area contributed by atoms with Crippen LogP contribution in [0.4, 0.5) is 0 Å². The molecule has 31 heavy (non-hydrogen) atoms. The smallest absolute Gasteiger partial charge is 0.320 e. The number of hydrogen-bond donors (Lipinski definition) is 2. The minimum absolute atomic E-state index is 0.137. The number of hydrogen-bond acceptors (Lipinski definition) is 8. The highest BCUT2D eigenvalue weighted by molar-refractivity contribution is 7.18. The van der Waals surface area contributed by atoms with Crippen molar-refractivity contribution in [2.45, 2.75) is 19.4 Å². The Bertz CT molecular complexity index is 1260. The normalized spacial score (nSPS) is 12.1. The first-order chi connectivity index (χ1) is 14.9.